The molecule has 0 amide bonds. The van der Waals surface area contributed by atoms with E-state index in [0.717, 1.165) is 0 Å². The lowest BCUT2D eigenvalue weighted by Crippen LogP contribution is -2.24. The molecule has 0 unspecified atom stereocenters. The van der Waals surface area contributed by atoms with Crippen LogP contribution >= 0.6 is 0 Å². The van der Waals surface area contributed by atoms with Gasteiger partial charge in [-0.1, -0.05) is 19.9 Å². The molecule has 0 aromatic heterocycles. The molecule has 0 aliphatic heterocycles. The lowest BCUT2D eigenvalue weighted by Gasteiger charge is -2.33. The summed E-state index contributed by atoms with van der Waals surface area (Å²) in [6, 6.07) is 2.35. The van der Waals surface area contributed by atoms with Crippen LogP contribution in [0.25, 0.3) is 0 Å². The Morgan fingerprint density at radius 2 is 1.67 bits per heavy atom. The molecule has 1 aromatic carbocycles. The molecule has 0 N–H and O–H groups in total. The standard InChI is InChI=1S/C15H22/c1-10-8-11(2)13-6-7-15(4,5)9-14(13)12(10)3/h8H,6-7,9H2,1-5H3. The van der Waals surface area contributed by atoms with Crippen LogP contribution in [0.1, 0.15) is 48.1 Å². The van der Waals surface area contributed by atoms with E-state index in [1.165, 1.54) is 36.0 Å². The normalized spacial score (nSPS) is 18.7. The minimum absolute atomic E-state index is 0.498. The molecule has 15 heavy (non-hydrogen) atoms. The average Bonchev–Trinajstić information content (AvgIpc) is 2.13. The van der Waals surface area contributed by atoms with Gasteiger partial charge < -0.3 is 0 Å². The van der Waals surface area contributed by atoms with Gasteiger partial charge >= 0.3 is 0 Å². The van der Waals surface area contributed by atoms with E-state index in [-0.39, 0.29) is 0 Å². The van der Waals surface area contributed by atoms with Crippen molar-refractivity contribution in [1.29, 1.82) is 0 Å². The molecular weight excluding hydrogens is 180 g/mol. The Balaban J connectivity index is 2.58. The summed E-state index contributed by atoms with van der Waals surface area (Å²) < 4.78 is 0. The van der Waals surface area contributed by atoms with Gasteiger partial charge in [0.05, 0.1) is 0 Å². The highest BCUT2D eigenvalue weighted by Crippen LogP contribution is 2.38. The third-order valence-electron chi connectivity index (χ3n) is 4.02. The smallest absolute Gasteiger partial charge is 0.0222 e. The summed E-state index contributed by atoms with van der Waals surface area (Å²) in [6.45, 7) is 11.6. The molecule has 0 heteroatoms. The zero-order valence-electron chi connectivity index (χ0n) is 10.7. The van der Waals surface area contributed by atoms with Crippen molar-refractivity contribution in [3.05, 3.63) is 33.9 Å². The number of aryl methyl sites for hydroxylation is 2. The summed E-state index contributed by atoms with van der Waals surface area (Å²) in [7, 11) is 0. The van der Waals surface area contributed by atoms with Crippen LogP contribution in [-0.4, -0.2) is 0 Å². The first-order valence-corrected chi connectivity index (χ1v) is 5.99. The molecule has 1 aromatic rings. The van der Waals surface area contributed by atoms with Gasteiger partial charge in [0.25, 0.3) is 0 Å². The summed E-state index contributed by atoms with van der Waals surface area (Å²) in [4.78, 5) is 0. The van der Waals surface area contributed by atoms with E-state index in [9.17, 15) is 0 Å². The maximum atomic E-state index is 2.40. The van der Waals surface area contributed by atoms with Crippen molar-refractivity contribution in [2.24, 2.45) is 5.41 Å². The molecule has 0 saturated heterocycles. The van der Waals surface area contributed by atoms with Crippen molar-refractivity contribution in [2.45, 2.75) is 53.9 Å². The number of hydrogen-bond acceptors (Lipinski definition) is 0. The molecular formula is C15H22. The Morgan fingerprint density at radius 1 is 1.00 bits per heavy atom. The van der Waals surface area contributed by atoms with Crippen LogP contribution < -0.4 is 0 Å². The topological polar surface area (TPSA) is 0 Å². The summed E-state index contributed by atoms with van der Waals surface area (Å²) in [5, 5.41) is 0. The highest BCUT2D eigenvalue weighted by molar-refractivity contribution is 5.46. The van der Waals surface area contributed by atoms with Gasteiger partial charge in [0, 0.05) is 0 Å². The van der Waals surface area contributed by atoms with Crippen LogP contribution in [0.15, 0.2) is 6.07 Å². The molecule has 0 bridgehead atoms. The quantitative estimate of drug-likeness (QED) is 0.593. The van der Waals surface area contributed by atoms with Crippen molar-refractivity contribution < 1.29 is 0 Å². The first kappa shape index (κ1) is 10.7. The van der Waals surface area contributed by atoms with Crippen molar-refractivity contribution in [3.8, 4) is 0 Å². The van der Waals surface area contributed by atoms with Gasteiger partial charge in [-0.25, -0.2) is 0 Å². The van der Waals surface area contributed by atoms with E-state index in [4.69, 9.17) is 0 Å². The second-order valence-electron chi connectivity index (χ2n) is 5.93. The highest BCUT2D eigenvalue weighted by atomic mass is 14.3. The number of fused-ring (bicyclic) bond motifs is 1. The predicted octanol–water partition coefficient (Wildman–Crippen LogP) is 4.13. The van der Waals surface area contributed by atoms with E-state index < -0.39 is 0 Å². The van der Waals surface area contributed by atoms with Crippen LogP contribution in [0, 0.1) is 26.2 Å². The highest BCUT2D eigenvalue weighted by Gasteiger charge is 2.27. The van der Waals surface area contributed by atoms with Gasteiger partial charge in [0.1, 0.15) is 0 Å². The van der Waals surface area contributed by atoms with Crippen molar-refractivity contribution in [1.82, 2.24) is 0 Å². The minimum atomic E-state index is 0.498. The minimum Gasteiger partial charge on any atom is -0.0596 e. The van der Waals surface area contributed by atoms with Crippen LogP contribution in [-0.2, 0) is 12.8 Å². The average molecular weight is 202 g/mol. The van der Waals surface area contributed by atoms with Crippen LogP contribution in [0.5, 0.6) is 0 Å². The Labute approximate surface area is 93.7 Å². The molecule has 0 fully saturated rings. The maximum Gasteiger partial charge on any atom is -0.0222 e. The molecule has 1 aliphatic carbocycles. The first-order chi connectivity index (χ1) is 6.91. The van der Waals surface area contributed by atoms with E-state index in [2.05, 4.69) is 40.7 Å². The van der Waals surface area contributed by atoms with E-state index >= 15 is 0 Å². The molecule has 82 valence electrons. The van der Waals surface area contributed by atoms with Gasteiger partial charge in [-0.2, -0.15) is 0 Å². The van der Waals surface area contributed by atoms with Gasteiger partial charge in [-0.3, -0.25) is 0 Å². The van der Waals surface area contributed by atoms with Crippen molar-refractivity contribution >= 4 is 0 Å². The Morgan fingerprint density at radius 3 is 2.33 bits per heavy atom. The Kier molecular flexibility index (Phi) is 2.41. The zero-order valence-corrected chi connectivity index (χ0v) is 10.7. The van der Waals surface area contributed by atoms with Crippen LogP contribution in [0.3, 0.4) is 0 Å². The van der Waals surface area contributed by atoms with Gasteiger partial charge in [0.15, 0.2) is 0 Å². The largest absolute Gasteiger partial charge is 0.0596 e. The number of hydrogen-bond donors (Lipinski definition) is 0. The third-order valence-corrected chi connectivity index (χ3v) is 4.02. The molecule has 0 nitrogen and oxygen atoms in total. The summed E-state index contributed by atoms with van der Waals surface area (Å²) in [6.07, 6.45) is 3.87. The van der Waals surface area contributed by atoms with Crippen LogP contribution in [0.2, 0.25) is 0 Å². The van der Waals surface area contributed by atoms with Gasteiger partial charge in [-0.15, -0.1) is 0 Å². The third kappa shape index (κ3) is 1.82. The lowest BCUT2D eigenvalue weighted by molar-refractivity contribution is 0.314. The maximum absolute atomic E-state index is 2.40. The SMILES string of the molecule is Cc1cc(C)c2c(c1C)CC(C)(C)CC2. The monoisotopic (exact) mass is 202 g/mol. The Bertz CT molecular complexity index is 397. The molecule has 1 aliphatic rings. The number of rotatable bonds is 0. The molecule has 2 rings (SSSR count). The summed E-state index contributed by atoms with van der Waals surface area (Å²) in [5.74, 6) is 0. The zero-order chi connectivity index (χ0) is 11.2. The van der Waals surface area contributed by atoms with Crippen molar-refractivity contribution in [3.63, 3.8) is 0 Å². The molecule has 0 saturated carbocycles. The lowest BCUT2D eigenvalue weighted by atomic mass is 9.71. The van der Waals surface area contributed by atoms with Gasteiger partial charge in [0.2, 0.25) is 0 Å². The molecule has 0 atom stereocenters. The predicted molar refractivity (Wildman–Crippen MR) is 66.5 cm³/mol. The summed E-state index contributed by atoms with van der Waals surface area (Å²) >= 11 is 0. The fraction of sp³-hybridized carbons (Fsp3) is 0.600. The molecule has 0 radical (unpaired) electrons. The van der Waals surface area contributed by atoms with E-state index in [1.807, 2.05) is 0 Å². The number of benzene rings is 1. The van der Waals surface area contributed by atoms with E-state index in [1.54, 1.807) is 11.1 Å². The second kappa shape index (κ2) is 3.37. The second-order valence-corrected chi connectivity index (χ2v) is 5.93. The summed E-state index contributed by atoms with van der Waals surface area (Å²) in [5.41, 5.74) is 8.27. The van der Waals surface area contributed by atoms with E-state index in [0.29, 0.717) is 5.41 Å². The fourth-order valence-corrected chi connectivity index (χ4v) is 2.84. The van der Waals surface area contributed by atoms with Crippen LogP contribution in [0.4, 0.5) is 0 Å². The molecule has 0 heterocycles. The van der Waals surface area contributed by atoms with Gasteiger partial charge in [-0.05, 0) is 73.3 Å². The van der Waals surface area contributed by atoms with Crippen molar-refractivity contribution in [2.75, 3.05) is 0 Å². The Hall–Kier alpha value is -0.780. The molecule has 0 spiro atoms. The fourth-order valence-electron chi connectivity index (χ4n) is 2.84. The first-order valence-electron chi connectivity index (χ1n) is 5.99.